The summed E-state index contributed by atoms with van der Waals surface area (Å²) in [6, 6.07) is 0. The normalized spacial score (nSPS) is 12.5. The van der Waals surface area contributed by atoms with Gasteiger partial charge in [0.25, 0.3) is 0 Å². The lowest BCUT2D eigenvalue weighted by molar-refractivity contribution is -0.167. The fourth-order valence-electron chi connectivity index (χ4n) is 7.96. The summed E-state index contributed by atoms with van der Waals surface area (Å²) in [4.78, 5) is 37.9. The highest BCUT2D eigenvalue weighted by molar-refractivity contribution is 5.71. The van der Waals surface area contributed by atoms with Crippen molar-refractivity contribution in [2.75, 3.05) is 13.2 Å². The van der Waals surface area contributed by atoms with Gasteiger partial charge in [-0.05, 0) is 31.1 Å². The zero-order valence-electron chi connectivity index (χ0n) is 40.4. The monoisotopic (exact) mass is 835 g/mol. The molecule has 0 saturated carbocycles. The molecule has 0 radical (unpaired) electrons. The van der Waals surface area contributed by atoms with Crippen LogP contribution in [0, 0.1) is 11.8 Å². The highest BCUT2D eigenvalue weighted by Gasteiger charge is 2.19. The topological polar surface area (TPSA) is 78.9 Å². The maximum Gasteiger partial charge on any atom is 0.306 e. The molecule has 0 saturated heterocycles. The number of carbonyl (C=O) groups excluding carboxylic acids is 3. The van der Waals surface area contributed by atoms with Crippen molar-refractivity contribution < 1.29 is 28.6 Å². The average molecular weight is 835 g/mol. The van der Waals surface area contributed by atoms with Gasteiger partial charge in [-0.25, -0.2) is 0 Å². The summed E-state index contributed by atoms with van der Waals surface area (Å²) in [5.74, 6) is 0.865. The van der Waals surface area contributed by atoms with Crippen molar-refractivity contribution in [2.45, 2.75) is 298 Å². The summed E-state index contributed by atoms with van der Waals surface area (Å²) in [5.41, 5.74) is 0. The molecule has 0 heterocycles. The molecule has 0 rings (SSSR count). The Hall–Kier alpha value is -1.59. The van der Waals surface area contributed by atoms with E-state index in [1.54, 1.807) is 0 Å². The quantitative estimate of drug-likeness (QED) is 0.0345. The maximum absolute atomic E-state index is 12.8. The Morgan fingerprint density at radius 1 is 0.356 bits per heavy atom. The first-order valence-corrected chi connectivity index (χ1v) is 26.3. The van der Waals surface area contributed by atoms with E-state index in [0.29, 0.717) is 19.3 Å². The van der Waals surface area contributed by atoms with Crippen molar-refractivity contribution in [2.24, 2.45) is 11.8 Å². The molecule has 2 atom stereocenters. The molecule has 59 heavy (non-hydrogen) atoms. The molecular formula is C53H102O6. The van der Waals surface area contributed by atoms with E-state index >= 15 is 0 Å². The van der Waals surface area contributed by atoms with Gasteiger partial charge >= 0.3 is 17.9 Å². The molecule has 0 aliphatic carbocycles. The van der Waals surface area contributed by atoms with Crippen LogP contribution in [0.1, 0.15) is 291 Å². The number of rotatable bonds is 47. The van der Waals surface area contributed by atoms with E-state index in [2.05, 4.69) is 34.6 Å². The zero-order chi connectivity index (χ0) is 43.3. The molecule has 0 fully saturated rings. The predicted molar refractivity (Wildman–Crippen MR) is 252 cm³/mol. The largest absolute Gasteiger partial charge is 0.462 e. The second-order valence-electron chi connectivity index (χ2n) is 18.9. The number of unbranched alkanes of at least 4 members (excludes halogenated alkanes) is 31. The number of carbonyl (C=O) groups is 3. The minimum absolute atomic E-state index is 0.0637. The molecule has 6 heteroatoms. The third kappa shape index (κ3) is 45.8. The molecule has 0 bridgehead atoms. The molecule has 0 N–H and O–H groups in total. The summed E-state index contributed by atoms with van der Waals surface area (Å²) in [7, 11) is 0. The SMILES string of the molecule is CCCCCCCCCCCCC(=O)OC[C@@H](COC(=O)CCCCCCCCCCCCC(C)CC)OC(=O)CCCCCCCCCCCCCCCCC(C)C. The van der Waals surface area contributed by atoms with Gasteiger partial charge in [0.05, 0.1) is 0 Å². The van der Waals surface area contributed by atoms with Gasteiger partial charge in [0.1, 0.15) is 13.2 Å². The molecule has 0 aromatic heterocycles. The number of ether oxygens (including phenoxy) is 3. The van der Waals surface area contributed by atoms with Crippen LogP contribution in [0.5, 0.6) is 0 Å². The lowest BCUT2D eigenvalue weighted by Gasteiger charge is -2.18. The van der Waals surface area contributed by atoms with Crippen LogP contribution in [-0.2, 0) is 28.6 Å². The zero-order valence-corrected chi connectivity index (χ0v) is 40.4. The Balaban J connectivity index is 4.29. The van der Waals surface area contributed by atoms with E-state index in [0.717, 1.165) is 69.6 Å². The fourth-order valence-corrected chi connectivity index (χ4v) is 7.96. The van der Waals surface area contributed by atoms with Gasteiger partial charge in [0.2, 0.25) is 0 Å². The van der Waals surface area contributed by atoms with E-state index in [-0.39, 0.29) is 31.1 Å². The van der Waals surface area contributed by atoms with Crippen LogP contribution in [0.2, 0.25) is 0 Å². The van der Waals surface area contributed by atoms with Crippen molar-refractivity contribution in [1.82, 2.24) is 0 Å². The van der Waals surface area contributed by atoms with Gasteiger partial charge in [-0.1, -0.05) is 253 Å². The lowest BCUT2D eigenvalue weighted by atomic mass is 9.99. The van der Waals surface area contributed by atoms with Crippen LogP contribution in [0.25, 0.3) is 0 Å². The van der Waals surface area contributed by atoms with Crippen LogP contribution in [-0.4, -0.2) is 37.2 Å². The fraction of sp³-hybridized carbons (Fsp3) is 0.943. The summed E-state index contributed by atoms with van der Waals surface area (Å²) >= 11 is 0. The summed E-state index contributed by atoms with van der Waals surface area (Å²) < 4.78 is 16.8. The molecule has 0 aliphatic rings. The molecule has 0 amide bonds. The summed E-state index contributed by atoms with van der Waals surface area (Å²) in [6.45, 7) is 11.4. The third-order valence-corrected chi connectivity index (χ3v) is 12.3. The molecule has 0 aromatic rings. The first kappa shape index (κ1) is 57.4. The second kappa shape index (κ2) is 45.9. The van der Waals surface area contributed by atoms with E-state index in [1.807, 2.05) is 0 Å². The van der Waals surface area contributed by atoms with Crippen molar-refractivity contribution >= 4 is 17.9 Å². The standard InChI is InChI=1S/C53H102O6/c1-6-8-9-10-11-12-23-28-33-38-43-51(54)57-46-50(47-58-52(55)44-39-34-29-24-20-19-22-27-32-37-42-49(5)7-2)59-53(56)45-40-35-30-25-18-16-14-13-15-17-21-26-31-36-41-48(3)4/h48-50H,6-47H2,1-5H3/t49?,50-/m0/s1. The van der Waals surface area contributed by atoms with Crippen LogP contribution in [0.3, 0.4) is 0 Å². The summed E-state index contributed by atoms with van der Waals surface area (Å²) in [5, 5.41) is 0. The van der Waals surface area contributed by atoms with Gasteiger partial charge in [-0.3, -0.25) is 14.4 Å². The molecule has 350 valence electrons. The van der Waals surface area contributed by atoms with Gasteiger partial charge < -0.3 is 14.2 Å². The molecule has 0 aliphatic heterocycles. The smallest absolute Gasteiger partial charge is 0.306 e. The Morgan fingerprint density at radius 3 is 0.966 bits per heavy atom. The second-order valence-corrected chi connectivity index (χ2v) is 18.9. The van der Waals surface area contributed by atoms with Gasteiger partial charge in [-0.2, -0.15) is 0 Å². The Labute approximate surface area is 368 Å². The predicted octanol–water partition coefficient (Wildman–Crippen LogP) is 16.9. The maximum atomic E-state index is 12.8. The van der Waals surface area contributed by atoms with E-state index in [4.69, 9.17) is 14.2 Å². The highest BCUT2D eigenvalue weighted by atomic mass is 16.6. The summed E-state index contributed by atoms with van der Waals surface area (Å²) in [6.07, 6.45) is 46.5. The average Bonchev–Trinajstić information content (AvgIpc) is 3.22. The number of hydrogen-bond donors (Lipinski definition) is 0. The minimum atomic E-state index is -0.761. The van der Waals surface area contributed by atoms with Gasteiger partial charge in [-0.15, -0.1) is 0 Å². The van der Waals surface area contributed by atoms with E-state index in [1.165, 1.54) is 180 Å². The van der Waals surface area contributed by atoms with Crippen molar-refractivity contribution in [3.05, 3.63) is 0 Å². The van der Waals surface area contributed by atoms with Gasteiger partial charge in [0, 0.05) is 19.3 Å². The van der Waals surface area contributed by atoms with Crippen LogP contribution in [0.15, 0.2) is 0 Å². The molecule has 0 spiro atoms. The Morgan fingerprint density at radius 2 is 0.644 bits per heavy atom. The molecule has 6 nitrogen and oxygen atoms in total. The van der Waals surface area contributed by atoms with Crippen molar-refractivity contribution in [1.29, 1.82) is 0 Å². The minimum Gasteiger partial charge on any atom is -0.462 e. The first-order valence-electron chi connectivity index (χ1n) is 26.3. The van der Waals surface area contributed by atoms with Crippen LogP contribution >= 0.6 is 0 Å². The highest BCUT2D eigenvalue weighted by Crippen LogP contribution is 2.18. The van der Waals surface area contributed by atoms with E-state index in [9.17, 15) is 14.4 Å². The third-order valence-electron chi connectivity index (χ3n) is 12.3. The molecule has 0 aromatic carbocycles. The van der Waals surface area contributed by atoms with Crippen LogP contribution in [0.4, 0.5) is 0 Å². The van der Waals surface area contributed by atoms with E-state index < -0.39 is 6.10 Å². The van der Waals surface area contributed by atoms with Crippen molar-refractivity contribution in [3.63, 3.8) is 0 Å². The number of esters is 3. The Kier molecular flexibility index (Phi) is 44.7. The van der Waals surface area contributed by atoms with Crippen LogP contribution < -0.4 is 0 Å². The number of hydrogen-bond acceptors (Lipinski definition) is 6. The lowest BCUT2D eigenvalue weighted by Crippen LogP contribution is -2.30. The molecular weight excluding hydrogens is 733 g/mol. The molecule has 1 unspecified atom stereocenters. The van der Waals surface area contributed by atoms with Crippen molar-refractivity contribution in [3.8, 4) is 0 Å². The first-order chi connectivity index (χ1) is 28.8. The Bertz CT molecular complexity index is 902. The van der Waals surface area contributed by atoms with Gasteiger partial charge in [0.15, 0.2) is 6.10 Å².